The first-order valence-electron chi connectivity index (χ1n) is 11.0. The zero-order valence-electron chi connectivity index (χ0n) is 18.2. The molecule has 0 saturated heterocycles. The summed E-state index contributed by atoms with van der Waals surface area (Å²) in [6.45, 7) is 2.98. The third-order valence-electron chi connectivity index (χ3n) is 6.16. The largest absolute Gasteiger partial charge is 0.325 e. The van der Waals surface area contributed by atoms with E-state index >= 15 is 0 Å². The monoisotopic (exact) mass is 432 g/mol. The summed E-state index contributed by atoms with van der Waals surface area (Å²) in [6.07, 6.45) is 4.51. The maximum atomic E-state index is 13.5. The fourth-order valence-corrected chi connectivity index (χ4v) is 4.51. The summed E-state index contributed by atoms with van der Waals surface area (Å²) in [5, 5.41) is 0.970. The first kappa shape index (κ1) is 19.6. The summed E-state index contributed by atoms with van der Waals surface area (Å²) >= 11 is 0. The highest BCUT2D eigenvalue weighted by Gasteiger charge is 2.24. The normalized spacial score (nSPS) is 12.8. The molecule has 160 valence electrons. The SMILES string of the molecule is Cc1ccc2c(c1)CCN2c1nc(-c2cccnc2)nc2ccc(-c3ccc(F)cc3)cc12. The second-order valence-electron chi connectivity index (χ2n) is 8.39. The van der Waals surface area contributed by atoms with Gasteiger partial charge in [0.15, 0.2) is 5.82 Å². The van der Waals surface area contributed by atoms with Crippen LogP contribution >= 0.6 is 0 Å². The second-order valence-corrected chi connectivity index (χ2v) is 8.39. The van der Waals surface area contributed by atoms with Gasteiger partial charge in [-0.1, -0.05) is 35.9 Å². The van der Waals surface area contributed by atoms with Gasteiger partial charge in [0.25, 0.3) is 0 Å². The molecule has 6 rings (SSSR count). The lowest BCUT2D eigenvalue weighted by molar-refractivity contribution is 0.628. The van der Waals surface area contributed by atoms with Gasteiger partial charge in [-0.15, -0.1) is 0 Å². The molecule has 5 aromatic rings. The van der Waals surface area contributed by atoms with Crippen molar-refractivity contribution in [2.75, 3.05) is 11.4 Å². The van der Waals surface area contributed by atoms with E-state index in [9.17, 15) is 4.39 Å². The second kappa shape index (κ2) is 7.78. The first-order chi connectivity index (χ1) is 16.2. The van der Waals surface area contributed by atoms with E-state index in [1.807, 2.05) is 24.3 Å². The third kappa shape index (κ3) is 3.52. The number of hydrogen-bond donors (Lipinski definition) is 0. The number of halogens is 1. The molecule has 0 bridgehead atoms. The summed E-state index contributed by atoms with van der Waals surface area (Å²) in [4.78, 5) is 16.4. The Kier molecular flexibility index (Phi) is 4.61. The Balaban J connectivity index is 1.57. The standard InChI is InChI=1S/C28H21FN4/c1-18-4-11-26-21(15-18)12-14-33(26)28-24-16-20(19-5-8-23(29)9-6-19)7-10-25(24)31-27(32-28)22-3-2-13-30-17-22/h2-11,13,15-17H,12,14H2,1H3. The molecule has 0 fully saturated rings. The topological polar surface area (TPSA) is 41.9 Å². The van der Waals surface area contributed by atoms with Gasteiger partial charge in [-0.25, -0.2) is 14.4 Å². The van der Waals surface area contributed by atoms with Crippen molar-refractivity contribution in [2.24, 2.45) is 0 Å². The molecule has 5 heteroatoms. The number of hydrogen-bond acceptors (Lipinski definition) is 4. The molecule has 1 aliphatic heterocycles. The van der Waals surface area contributed by atoms with Crippen LogP contribution < -0.4 is 4.90 Å². The molecule has 3 aromatic carbocycles. The van der Waals surface area contributed by atoms with Gasteiger partial charge >= 0.3 is 0 Å². The highest BCUT2D eigenvalue weighted by atomic mass is 19.1. The Morgan fingerprint density at radius 1 is 0.848 bits per heavy atom. The average molecular weight is 433 g/mol. The molecule has 0 aliphatic carbocycles. The van der Waals surface area contributed by atoms with Crippen LogP contribution in [0.1, 0.15) is 11.1 Å². The number of rotatable bonds is 3. The van der Waals surface area contributed by atoms with Crippen molar-refractivity contribution in [1.29, 1.82) is 0 Å². The molecule has 0 spiro atoms. The van der Waals surface area contributed by atoms with Crippen LogP contribution in [0.3, 0.4) is 0 Å². The van der Waals surface area contributed by atoms with Gasteiger partial charge in [0.05, 0.1) is 5.52 Å². The van der Waals surface area contributed by atoms with Crippen LogP contribution in [0, 0.1) is 12.7 Å². The van der Waals surface area contributed by atoms with Crippen LogP contribution in [0.15, 0.2) is 85.2 Å². The van der Waals surface area contributed by atoms with Gasteiger partial charge in [0.2, 0.25) is 0 Å². The molecule has 0 amide bonds. The number of fused-ring (bicyclic) bond motifs is 2. The van der Waals surface area contributed by atoms with E-state index in [4.69, 9.17) is 9.97 Å². The van der Waals surface area contributed by atoms with Gasteiger partial charge in [-0.3, -0.25) is 4.98 Å². The summed E-state index contributed by atoms with van der Waals surface area (Å²) in [6, 6.07) is 23.2. The highest BCUT2D eigenvalue weighted by molar-refractivity contribution is 5.96. The minimum Gasteiger partial charge on any atom is -0.325 e. The quantitative estimate of drug-likeness (QED) is 0.326. The Labute approximate surface area is 191 Å². The van der Waals surface area contributed by atoms with Crippen molar-refractivity contribution in [3.8, 4) is 22.5 Å². The number of anilines is 2. The first-order valence-corrected chi connectivity index (χ1v) is 11.0. The predicted molar refractivity (Wildman–Crippen MR) is 130 cm³/mol. The number of benzene rings is 3. The zero-order chi connectivity index (χ0) is 22.4. The molecule has 33 heavy (non-hydrogen) atoms. The molecule has 0 atom stereocenters. The van der Waals surface area contributed by atoms with Gasteiger partial charge in [-0.2, -0.15) is 0 Å². The number of nitrogens with zero attached hydrogens (tertiary/aromatic N) is 4. The van der Waals surface area contributed by atoms with Crippen LogP contribution in [0.5, 0.6) is 0 Å². The molecule has 2 aromatic heterocycles. The van der Waals surface area contributed by atoms with Crippen LogP contribution in [-0.4, -0.2) is 21.5 Å². The van der Waals surface area contributed by atoms with Crippen molar-refractivity contribution in [3.05, 3.63) is 102 Å². The number of aryl methyl sites for hydroxylation is 1. The van der Waals surface area contributed by atoms with E-state index in [-0.39, 0.29) is 5.82 Å². The lowest BCUT2D eigenvalue weighted by Crippen LogP contribution is -2.16. The Hall–Kier alpha value is -4.12. The number of pyridine rings is 1. The molecule has 4 nitrogen and oxygen atoms in total. The van der Waals surface area contributed by atoms with Gasteiger partial charge in [-0.05, 0) is 72.5 Å². The lowest BCUT2D eigenvalue weighted by Gasteiger charge is -2.21. The summed E-state index contributed by atoms with van der Waals surface area (Å²) in [5.74, 6) is 1.29. The van der Waals surface area contributed by atoms with E-state index in [0.29, 0.717) is 5.82 Å². The maximum absolute atomic E-state index is 13.5. The van der Waals surface area contributed by atoms with E-state index in [0.717, 1.165) is 46.4 Å². The lowest BCUT2D eigenvalue weighted by atomic mass is 10.0. The fraction of sp³-hybridized carbons (Fsp3) is 0.107. The minimum absolute atomic E-state index is 0.242. The van der Waals surface area contributed by atoms with Crippen LogP contribution in [0.25, 0.3) is 33.4 Å². The summed E-state index contributed by atoms with van der Waals surface area (Å²) in [5.41, 5.74) is 7.49. The van der Waals surface area contributed by atoms with E-state index < -0.39 is 0 Å². The Bertz CT molecular complexity index is 1480. The van der Waals surface area contributed by atoms with Gasteiger partial charge in [0, 0.05) is 35.6 Å². The van der Waals surface area contributed by atoms with Crippen molar-refractivity contribution < 1.29 is 4.39 Å². The van der Waals surface area contributed by atoms with Gasteiger partial charge in [0.1, 0.15) is 11.6 Å². The fourth-order valence-electron chi connectivity index (χ4n) is 4.51. The molecule has 0 unspecified atom stereocenters. The molecule has 0 radical (unpaired) electrons. The molecular formula is C28H21FN4. The molecule has 0 saturated carbocycles. The average Bonchev–Trinajstić information content (AvgIpc) is 3.27. The molecule has 0 N–H and O–H groups in total. The van der Waals surface area contributed by atoms with Crippen molar-refractivity contribution >= 4 is 22.4 Å². The minimum atomic E-state index is -0.242. The summed E-state index contributed by atoms with van der Waals surface area (Å²) in [7, 11) is 0. The molecular weight excluding hydrogens is 411 g/mol. The molecule has 3 heterocycles. The van der Waals surface area contributed by atoms with Crippen molar-refractivity contribution in [1.82, 2.24) is 15.0 Å². The Morgan fingerprint density at radius 2 is 1.70 bits per heavy atom. The third-order valence-corrected chi connectivity index (χ3v) is 6.16. The van der Waals surface area contributed by atoms with Crippen molar-refractivity contribution in [2.45, 2.75) is 13.3 Å². The van der Waals surface area contributed by atoms with Crippen molar-refractivity contribution in [3.63, 3.8) is 0 Å². The van der Waals surface area contributed by atoms with E-state index in [1.54, 1.807) is 24.5 Å². The van der Waals surface area contributed by atoms with Crippen LogP contribution in [0.4, 0.5) is 15.9 Å². The van der Waals surface area contributed by atoms with E-state index in [1.165, 1.54) is 28.9 Å². The highest BCUT2D eigenvalue weighted by Crippen LogP contribution is 2.39. The summed E-state index contributed by atoms with van der Waals surface area (Å²) < 4.78 is 13.5. The van der Waals surface area contributed by atoms with E-state index in [2.05, 4.69) is 41.1 Å². The predicted octanol–water partition coefficient (Wildman–Crippen LogP) is 6.50. The maximum Gasteiger partial charge on any atom is 0.163 e. The van der Waals surface area contributed by atoms with Crippen LogP contribution in [0.2, 0.25) is 0 Å². The number of aromatic nitrogens is 3. The Morgan fingerprint density at radius 3 is 2.52 bits per heavy atom. The smallest absolute Gasteiger partial charge is 0.163 e. The van der Waals surface area contributed by atoms with Gasteiger partial charge < -0.3 is 4.90 Å². The zero-order valence-corrected chi connectivity index (χ0v) is 18.2. The van der Waals surface area contributed by atoms with Crippen LogP contribution in [-0.2, 0) is 6.42 Å². The molecule has 1 aliphatic rings.